The van der Waals surface area contributed by atoms with Crippen molar-refractivity contribution in [2.75, 3.05) is 6.61 Å². The first-order valence-electron chi connectivity index (χ1n) is 27.6. The van der Waals surface area contributed by atoms with Crippen molar-refractivity contribution in [2.45, 2.75) is 327 Å². The van der Waals surface area contributed by atoms with E-state index < -0.39 is 36.9 Å². The summed E-state index contributed by atoms with van der Waals surface area (Å²) in [6.07, 6.45) is 58.6. The average molecular weight is 864 g/mol. The third-order valence-electron chi connectivity index (χ3n) is 13.2. The second kappa shape index (κ2) is 50.1. The summed E-state index contributed by atoms with van der Waals surface area (Å²) in [5.41, 5.74) is 0. The summed E-state index contributed by atoms with van der Waals surface area (Å²) in [5, 5.41) is 43.9. The molecule has 1 amide bonds. The fourth-order valence-corrected chi connectivity index (χ4v) is 8.88. The Kier molecular flexibility index (Phi) is 49.3. The van der Waals surface area contributed by atoms with E-state index in [1.165, 1.54) is 238 Å². The molecule has 0 heterocycles. The third kappa shape index (κ3) is 44.1. The number of amides is 1. The van der Waals surface area contributed by atoms with Gasteiger partial charge in [-0.25, -0.2) is 0 Å². The van der Waals surface area contributed by atoms with Crippen LogP contribution < -0.4 is 5.32 Å². The first-order valence-corrected chi connectivity index (χ1v) is 27.6. The maximum absolute atomic E-state index is 12.5. The zero-order valence-corrected chi connectivity index (χ0v) is 41.2. The van der Waals surface area contributed by atoms with Crippen molar-refractivity contribution >= 4 is 5.91 Å². The Morgan fingerprint density at radius 2 is 0.672 bits per heavy atom. The number of aliphatic hydroxyl groups excluding tert-OH is 4. The van der Waals surface area contributed by atoms with Gasteiger partial charge in [-0.15, -0.1) is 0 Å². The van der Waals surface area contributed by atoms with E-state index in [1.54, 1.807) is 0 Å². The lowest BCUT2D eigenvalue weighted by molar-refractivity contribution is -0.132. The number of allylic oxidation sites excluding steroid dienone is 2. The Balaban J connectivity index is 3.60. The van der Waals surface area contributed by atoms with Crippen molar-refractivity contribution < 1.29 is 25.2 Å². The van der Waals surface area contributed by atoms with E-state index in [9.17, 15) is 25.2 Å². The van der Waals surface area contributed by atoms with E-state index in [0.717, 1.165) is 38.5 Å². The highest BCUT2D eigenvalue weighted by atomic mass is 16.3. The van der Waals surface area contributed by atoms with Crippen LogP contribution in [-0.4, -0.2) is 57.3 Å². The maximum Gasteiger partial charge on any atom is 0.249 e. The molecule has 0 saturated heterocycles. The second-order valence-corrected chi connectivity index (χ2v) is 19.3. The van der Waals surface area contributed by atoms with Crippen LogP contribution in [0.15, 0.2) is 12.2 Å². The molecule has 6 heteroatoms. The minimum absolute atomic E-state index is 0.368. The Morgan fingerprint density at radius 3 is 0.984 bits per heavy atom. The predicted octanol–water partition coefficient (Wildman–Crippen LogP) is 15.7. The van der Waals surface area contributed by atoms with E-state index in [2.05, 4.69) is 31.3 Å². The van der Waals surface area contributed by atoms with Crippen LogP contribution in [0.4, 0.5) is 0 Å². The van der Waals surface area contributed by atoms with Gasteiger partial charge >= 0.3 is 0 Å². The largest absolute Gasteiger partial charge is 0.394 e. The zero-order valence-electron chi connectivity index (χ0n) is 41.2. The summed E-state index contributed by atoms with van der Waals surface area (Å²) >= 11 is 0. The summed E-state index contributed by atoms with van der Waals surface area (Å²) in [7, 11) is 0. The zero-order chi connectivity index (χ0) is 44.5. The molecule has 0 radical (unpaired) electrons. The Labute approximate surface area is 381 Å². The van der Waals surface area contributed by atoms with E-state index >= 15 is 0 Å². The van der Waals surface area contributed by atoms with Crippen molar-refractivity contribution in [3.05, 3.63) is 12.2 Å². The van der Waals surface area contributed by atoms with Gasteiger partial charge in [-0.3, -0.25) is 4.79 Å². The quantitative estimate of drug-likeness (QED) is 0.0309. The number of hydrogen-bond donors (Lipinski definition) is 5. The average Bonchev–Trinajstić information content (AvgIpc) is 3.26. The van der Waals surface area contributed by atoms with Gasteiger partial charge in [0.05, 0.1) is 18.8 Å². The van der Waals surface area contributed by atoms with Crippen LogP contribution in [0, 0.1) is 0 Å². The van der Waals surface area contributed by atoms with Gasteiger partial charge in [-0.1, -0.05) is 276 Å². The summed E-state index contributed by atoms with van der Waals surface area (Å²) in [5.74, 6) is -0.588. The van der Waals surface area contributed by atoms with Crippen LogP contribution in [0.2, 0.25) is 0 Å². The predicted molar refractivity (Wildman–Crippen MR) is 265 cm³/mol. The Hall–Kier alpha value is -0.950. The summed E-state index contributed by atoms with van der Waals surface area (Å²) in [6.45, 7) is 4.07. The normalized spacial score (nSPS) is 13.9. The molecule has 0 aromatic carbocycles. The molecular weight excluding hydrogens is 755 g/mol. The number of aliphatic hydroxyl groups is 4. The van der Waals surface area contributed by atoms with E-state index in [1.807, 2.05) is 0 Å². The van der Waals surface area contributed by atoms with Crippen LogP contribution in [0.3, 0.4) is 0 Å². The maximum atomic E-state index is 12.5. The molecule has 0 fully saturated rings. The first-order chi connectivity index (χ1) is 30.0. The van der Waals surface area contributed by atoms with Gasteiger partial charge in [0.1, 0.15) is 12.2 Å². The monoisotopic (exact) mass is 864 g/mol. The van der Waals surface area contributed by atoms with Crippen LogP contribution in [0.5, 0.6) is 0 Å². The van der Waals surface area contributed by atoms with Gasteiger partial charge in [-0.2, -0.15) is 0 Å². The van der Waals surface area contributed by atoms with E-state index in [4.69, 9.17) is 0 Å². The molecule has 0 aliphatic carbocycles. The van der Waals surface area contributed by atoms with Gasteiger partial charge in [0, 0.05) is 0 Å². The Bertz CT molecular complexity index is 882. The Morgan fingerprint density at radius 1 is 0.393 bits per heavy atom. The van der Waals surface area contributed by atoms with Crippen LogP contribution in [0.25, 0.3) is 0 Å². The van der Waals surface area contributed by atoms with Gasteiger partial charge in [0.2, 0.25) is 5.91 Å². The topological polar surface area (TPSA) is 110 Å². The van der Waals surface area contributed by atoms with Crippen molar-refractivity contribution in [3.8, 4) is 0 Å². The van der Waals surface area contributed by atoms with E-state index in [0.29, 0.717) is 12.8 Å². The van der Waals surface area contributed by atoms with Crippen LogP contribution in [0.1, 0.15) is 303 Å². The minimum atomic E-state index is -1.28. The number of unbranched alkanes of at least 4 members (excludes halogenated alkanes) is 40. The summed E-state index contributed by atoms with van der Waals surface area (Å²) in [4.78, 5) is 12.5. The second-order valence-electron chi connectivity index (χ2n) is 19.3. The molecular formula is C55H109NO5. The molecule has 6 nitrogen and oxygen atoms in total. The SMILES string of the molecule is CCCCCCCCCCCCCCCCCCCCCCCCCCC/C=C/CCCC(O)C(O)C(CO)NC(=O)C(O)CCCCCCCCCCCCCCCCC. The lowest BCUT2D eigenvalue weighted by Crippen LogP contribution is -2.53. The number of rotatable bonds is 51. The molecule has 0 bridgehead atoms. The molecule has 0 saturated carbocycles. The smallest absolute Gasteiger partial charge is 0.249 e. The number of hydrogen-bond acceptors (Lipinski definition) is 5. The molecule has 0 rings (SSSR count). The molecule has 61 heavy (non-hydrogen) atoms. The van der Waals surface area contributed by atoms with Crippen molar-refractivity contribution in [1.29, 1.82) is 0 Å². The molecule has 5 N–H and O–H groups in total. The molecule has 364 valence electrons. The van der Waals surface area contributed by atoms with Crippen LogP contribution >= 0.6 is 0 Å². The molecule has 0 aromatic rings. The highest BCUT2D eigenvalue weighted by Crippen LogP contribution is 2.18. The molecule has 4 atom stereocenters. The molecule has 0 aliphatic rings. The molecule has 4 unspecified atom stereocenters. The van der Waals surface area contributed by atoms with Gasteiger partial charge < -0.3 is 25.7 Å². The standard InChI is InChI=1S/C55H109NO5/c1-3-5-7-9-11-13-15-17-19-20-21-22-23-24-25-26-27-28-29-30-31-32-33-35-36-38-40-42-44-46-48-52(58)54(60)51(50-57)56-55(61)53(59)49-47-45-43-41-39-37-34-18-16-14-12-10-8-6-4-2/h40,42,51-54,57-60H,3-39,41,43-50H2,1-2H3,(H,56,61)/b42-40+. The van der Waals surface area contributed by atoms with Gasteiger partial charge in [0.15, 0.2) is 0 Å². The third-order valence-corrected chi connectivity index (χ3v) is 13.2. The molecule has 0 aliphatic heterocycles. The number of nitrogens with one attached hydrogen (secondary N) is 1. The van der Waals surface area contributed by atoms with Gasteiger partial charge in [-0.05, 0) is 38.5 Å². The molecule has 0 aromatic heterocycles. The fourth-order valence-electron chi connectivity index (χ4n) is 8.88. The summed E-state index contributed by atoms with van der Waals surface area (Å²) in [6, 6.07) is -0.998. The lowest BCUT2D eigenvalue weighted by Gasteiger charge is -2.27. The number of carbonyl (C=O) groups excluding carboxylic acids is 1. The van der Waals surface area contributed by atoms with Crippen molar-refractivity contribution in [1.82, 2.24) is 5.32 Å². The van der Waals surface area contributed by atoms with Crippen LogP contribution in [-0.2, 0) is 4.79 Å². The van der Waals surface area contributed by atoms with Crippen molar-refractivity contribution in [2.24, 2.45) is 0 Å². The summed E-state index contributed by atoms with van der Waals surface area (Å²) < 4.78 is 0. The lowest BCUT2D eigenvalue weighted by atomic mass is 10.00. The molecule has 0 spiro atoms. The minimum Gasteiger partial charge on any atom is -0.394 e. The fraction of sp³-hybridized carbons (Fsp3) is 0.945. The van der Waals surface area contributed by atoms with Crippen molar-refractivity contribution in [3.63, 3.8) is 0 Å². The highest BCUT2D eigenvalue weighted by molar-refractivity contribution is 5.80. The highest BCUT2D eigenvalue weighted by Gasteiger charge is 2.28. The number of carbonyl (C=O) groups is 1. The first kappa shape index (κ1) is 60.1. The van der Waals surface area contributed by atoms with Gasteiger partial charge in [0.25, 0.3) is 0 Å². The van der Waals surface area contributed by atoms with E-state index in [-0.39, 0.29) is 0 Å².